The Labute approximate surface area is 157 Å². The normalized spacial score (nSPS) is 10.7. The molecule has 1 heterocycles. The molecule has 0 fully saturated rings. The molecule has 0 spiro atoms. The van der Waals surface area contributed by atoms with Gasteiger partial charge in [-0.1, -0.05) is 53.7 Å². The van der Waals surface area contributed by atoms with Crippen molar-refractivity contribution in [1.82, 2.24) is 15.1 Å². The van der Waals surface area contributed by atoms with Crippen LogP contribution in [-0.4, -0.2) is 33.8 Å². The predicted octanol–water partition coefficient (Wildman–Crippen LogP) is 4.10. The molecule has 0 bridgehead atoms. The lowest BCUT2D eigenvalue weighted by atomic mass is 10.1. The van der Waals surface area contributed by atoms with Gasteiger partial charge in [0.05, 0.1) is 5.75 Å². The zero-order valence-corrected chi connectivity index (χ0v) is 15.9. The largest absolute Gasteiger partial charge is 0.411 e. The van der Waals surface area contributed by atoms with Gasteiger partial charge >= 0.3 is 0 Å². The van der Waals surface area contributed by atoms with E-state index in [0.29, 0.717) is 17.7 Å². The van der Waals surface area contributed by atoms with Crippen LogP contribution in [0.5, 0.6) is 0 Å². The first-order chi connectivity index (χ1) is 12.5. The molecule has 3 aromatic rings. The quantitative estimate of drug-likeness (QED) is 0.614. The summed E-state index contributed by atoms with van der Waals surface area (Å²) in [6, 6.07) is 16.0. The van der Waals surface area contributed by atoms with Crippen molar-refractivity contribution in [2.45, 2.75) is 25.6 Å². The maximum absolute atomic E-state index is 12.4. The highest BCUT2D eigenvalue weighted by Gasteiger charge is 2.14. The minimum absolute atomic E-state index is 0.0216. The van der Waals surface area contributed by atoms with Gasteiger partial charge in [-0.15, -0.1) is 10.2 Å². The second kappa shape index (κ2) is 8.19. The summed E-state index contributed by atoms with van der Waals surface area (Å²) >= 11 is 1.26. The van der Waals surface area contributed by atoms with Crippen LogP contribution in [0, 0.1) is 13.8 Å². The van der Waals surface area contributed by atoms with Gasteiger partial charge < -0.3 is 9.32 Å². The second-order valence-electron chi connectivity index (χ2n) is 6.20. The van der Waals surface area contributed by atoms with Gasteiger partial charge in [-0.2, -0.15) is 0 Å². The maximum atomic E-state index is 12.4. The highest BCUT2D eigenvalue weighted by atomic mass is 32.2. The minimum Gasteiger partial charge on any atom is -0.411 e. The molecule has 0 aliphatic rings. The van der Waals surface area contributed by atoms with Crippen molar-refractivity contribution in [3.63, 3.8) is 0 Å². The monoisotopic (exact) mass is 367 g/mol. The molecule has 0 saturated carbocycles. The van der Waals surface area contributed by atoms with Crippen LogP contribution in [0.25, 0.3) is 11.5 Å². The van der Waals surface area contributed by atoms with Crippen LogP contribution < -0.4 is 0 Å². The molecular formula is C20H21N3O2S. The summed E-state index contributed by atoms with van der Waals surface area (Å²) in [5, 5.41) is 8.48. The number of rotatable bonds is 6. The van der Waals surface area contributed by atoms with Crippen molar-refractivity contribution >= 4 is 17.7 Å². The van der Waals surface area contributed by atoms with Crippen LogP contribution in [0.15, 0.2) is 58.2 Å². The third kappa shape index (κ3) is 4.52. The Morgan fingerprint density at radius 2 is 1.81 bits per heavy atom. The first-order valence-corrected chi connectivity index (χ1v) is 9.33. The summed E-state index contributed by atoms with van der Waals surface area (Å²) in [4.78, 5) is 14.1. The van der Waals surface area contributed by atoms with E-state index < -0.39 is 0 Å². The summed E-state index contributed by atoms with van der Waals surface area (Å²) in [5.74, 6) is 0.749. The van der Waals surface area contributed by atoms with E-state index in [-0.39, 0.29) is 11.7 Å². The fourth-order valence-corrected chi connectivity index (χ4v) is 3.15. The standard InChI is InChI=1S/C20H21N3O2S/c1-14-8-10-16(11-9-14)19-21-22-20(25-19)26-13-18(24)23(3)12-17-7-5-4-6-15(17)2/h4-11H,12-13H2,1-3H3. The first kappa shape index (κ1) is 18.2. The number of thioether (sulfide) groups is 1. The zero-order valence-electron chi connectivity index (χ0n) is 15.1. The number of nitrogens with zero attached hydrogens (tertiary/aromatic N) is 3. The van der Waals surface area contributed by atoms with Crippen LogP contribution in [-0.2, 0) is 11.3 Å². The fourth-order valence-electron chi connectivity index (χ4n) is 2.45. The molecule has 0 aliphatic carbocycles. The summed E-state index contributed by atoms with van der Waals surface area (Å²) in [6.45, 7) is 4.66. The van der Waals surface area contributed by atoms with Gasteiger partial charge in [-0.25, -0.2) is 0 Å². The third-order valence-corrected chi connectivity index (χ3v) is 4.92. The molecule has 0 atom stereocenters. The van der Waals surface area contributed by atoms with Crippen LogP contribution in [0.3, 0.4) is 0 Å². The number of aryl methyl sites for hydroxylation is 2. The highest BCUT2D eigenvalue weighted by Crippen LogP contribution is 2.23. The van der Waals surface area contributed by atoms with E-state index in [9.17, 15) is 4.79 Å². The second-order valence-corrected chi connectivity index (χ2v) is 7.13. The number of aromatic nitrogens is 2. The molecular weight excluding hydrogens is 346 g/mol. The van der Waals surface area contributed by atoms with E-state index in [1.165, 1.54) is 22.9 Å². The van der Waals surface area contributed by atoms with Crippen molar-refractivity contribution in [3.05, 3.63) is 65.2 Å². The lowest BCUT2D eigenvalue weighted by molar-refractivity contribution is -0.127. The van der Waals surface area contributed by atoms with E-state index in [0.717, 1.165) is 11.1 Å². The van der Waals surface area contributed by atoms with Gasteiger partial charge in [0.25, 0.3) is 5.22 Å². The Hall–Kier alpha value is -2.60. The first-order valence-electron chi connectivity index (χ1n) is 8.35. The van der Waals surface area contributed by atoms with Crippen LogP contribution in [0.1, 0.15) is 16.7 Å². The molecule has 0 radical (unpaired) electrons. The molecule has 134 valence electrons. The van der Waals surface area contributed by atoms with Crippen LogP contribution >= 0.6 is 11.8 Å². The van der Waals surface area contributed by atoms with Crippen molar-refractivity contribution in [2.24, 2.45) is 0 Å². The van der Waals surface area contributed by atoms with E-state index in [4.69, 9.17) is 4.42 Å². The Morgan fingerprint density at radius 3 is 2.54 bits per heavy atom. The summed E-state index contributed by atoms with van der Waals surface area (Å²) in [7, 11) is 1.81. The van der Waals surface area contributed by atoms with Crippen LogP contribution in [0.2, 0.25) is 0 Å². The number of carbonyl (C=O) groups excluding carboxylic acids is 1. The molecule has 0 saturated heterocycles. The van der Waals surface area contributed by atoms with Crippen molar-refractivity contribution in [2.75, 3.05) is 12.8 Å². The van der Waals surface area contributed by atoms with Crippen molar-refractivity contribution < 1.29 is 9.21 Å². The summed E-state index contributed by atoms with van der Waals surface area (Å²) in [6.07, 6.45) is 0. The fraction of sp³-hybridized carbons (Fsp3) is 0.250. The summed E-state index contributed by atoms with van der Waals surface area (Å²) < 4.78 is 5.65. The Balaban J connectivity index is 1.56. The molecule has 3 rings (SSSR count). The smallest absolute Gasteiger partial charge is 0.277 e. The van der Waals surface area contributed by atoms with Gasteiger partial charge in [0, 0.05) is 19.2 Å². The molecule has 5 nitrogen and oxygen atoms in total. The number of carbonyl (C=O) groups is 1. The van der Waals surface area contributed by atoms with Gasteiger partial charge in [-0.3, -0.25) is 4.79 Å². The van der Waals surface area contributed by atoms with Gasteiger partial charge in [0.1, 0.15) is 0 Å². The molecule has 0 aliphatic heterocycles. The molecule has 0 N–H and O–H groups in total. The highest BCUT2D eigenvalue weighted by molar-refractivity contribution is 7.99. The number of amides is 1. The lowest BCUT2D eigenvalue weighted by Gasteiger charge is -2.17. The molecule has 1 amide bonds. The topological polar surface area (TPSA) is 59.2 Å². The lowest BCUT2D eigenvalue weighted by Crippen LogP contribution is -2.28. The Morgan fingerprint density at radius 1 is 1.08 bits per heavy atom. The van der Waals surface area contributed by atoms with Gasteiger partial charge in [0.2, 0.25) is 11.8 Å². The van der Waals surface area contributed by atoms with E-state index in [1.54, 1.807) is 11.9 Å². The van der Waals surface area contributed by atoms with E-state index in [2.05, 4.69) is 10.2 Å². The zero-order chi connectivity index (χ0) is 18.5. The number of hydrogen-bond donors (Lipinski definition) is 0. The maximum Gasteiger partial charge on any atom is 0.277 e. The van der Waals surface area contributed by atoms with E-state index >= 15 is 0 Å². The summed E-state index contributed by atoms with van der Waals surface area (Å²) in [5.41, 5.74) is 4.37. The molecule has 6 heteroatoms. The number of hydrogen-bond acceptors (Lipinski definition) is 5. The van der Waals surface area contributed by atoms with Gasteiger partial charge in [0.15, 0.2) is 0 Å². The SMILES string of the molecule is Cc1ccc(-c2nnc(SCC(=O)N(C)Cc3ccccc3C)o2)cc1. The Kier molecular flexibility index (Phi) is 5.73. The molecule has 1 aromatic heterocycles. The number of benzene rings is 2. The average Bonchev–Trinajstić information content (AvgIpc) is 3.11. The predicted molar refractivity (Wildman–Crippen MR) is 103 cm³/mol. The van der Waals surface area contributed by atoms with E-state index in [1.807, 2.05) is 62.4 Å². The molecule has 26 heavy (non-hydrogen) atoms. The van der Waals surface area contributed by atoms with Crippen molar-refractivity contribution in [1.29, 1.82) is 0 Å². The molecule has 0 unspecified atom stereocenters. The molecule has 2 aromatic carbocycles. The Bertz CT molecular complexity index is 890. The van der Waals surface area contributed by atoms with Gasteiger partial charge in [-0.05, 0) is 37.1 Å². The minimum atomic E-state index is 0.0216. The third-order valence-electron chi connectivity index (χ3n) is 4.12. The van der Waals surface area contributed by atoms with Crippen molar-refractivity contribution in [3.8, 4) is 11.5 Å². The van der Waals surface area contributed by atoms with Crippen LogP contribution in [0.4, 0.5) is 0 Å². The average molecular weight is 367 g/mol.